The standard InChI is InChI=1S/C16H20N4O3S/c1-10-3-6-24-14(10)16(22)18-11-7-12-8-13(19-20(12)9-11)15(21)17-4-5-23-2/h3,6,8,11H,4-5,7,9H2,1-2H3,(H,17,21)(H,18,22)/t11-/m0/s1. The van der Waals surface area contributed by atoms with Gasteiger partial charge >= 0.3 is 0 Å². The normalized spacial score (nSPS) is 16.0. The number of carbonyl (C=O) groups is 2. The van der Waals surface area contributed by atoms with E-state index in [-0.39, 0.29) is 17.9 Å². The second-order valence-corrected chi connectivity index (χ2v) is 6.68. The number of hydrogen-bond acceptors (Lipinski definition) is 5. The first kappa shape index (κ1) is 16.7. The number of fused-ring (bicyclic) bond motifs is 1. The summed E-state index contributed by atoms with van der Waals surface area (Å²) in [6.07, 6.45) is 0.675. The van der Waals surface area contributed by atoms with Gasteiger partial charge in [-0.3, -0.25) is 14.3 Å². The zero-order valence-corrected chi connectivity index (χ0v) is 14.5. The van der Waals surface area contributed by atoms with Crippen LogP contribution in [0.3, 0.4) is 0 Å². The number of amides is 2. The van der Waals surface area contributed by atoms with Crippen LogP contribution in [0.15, 0.2) is 17.5 Å². The van der Waals surface area contributed by atoms with Crippen molar-refractivity contribution in [3.05, 3.63) is 39.3 Å². The Morgan fingerprint density at radius 3 is 2.96 bits per heavy atom. The fourth-order valence-corrected chi connectivity index (χ4v) is 3.55. The lowest BCUT2D eigenvalue weighted by Gasteiger charge is -2.11. The summed E-state index contributed by atoms with van der Waals surface area (Å²) >= 11 is 1.45. The predicted octanol–water partition coefficient (Wildman–Crippen LogP) is 0.984. The largest absolute Gasteiger partial charge is 0.383 e. The Morgan fingerprint density at radius 2 is 2.29 bits per heavy atom. The number of aromatic nitrogens is 2. The van der Waals surface area contributed by atoms with Gasteiger partial charge in [-0.05, 0) is 30.0 Å². The van der Waals surface area contributed by atoms with Crippen LogP contribution in [0.1, 0.15) is 31.4 Å². The monoisotopic (exact) mass is 348 g/mol. The second-order valence-electron chi connectivity index (χ2n) is 5.76. The molecule has 8 heteroatoms. The molecule has 0 fully saturated rings. The van der Waals surface area contributed by atoms with Crippen LogP contribution in [-0.4, -0.2) is 47.9 Å². The highest BCUT2D eigenvalue weighted by Crippen LogP contribution is 2.19. The minimum Gasteiger partial charge on any atom is -0.383 e. The molecule has 2 amide bonds. The molecular formula is C16H20N4O3S. The fourth-order valence-electron chi connectivity index (χ4n) is 2.72. The van der Waals surface area contributed by atoms with Crippen LogP contribution in [0.25, 0.3) is 0 Å². The molecule has 3 rings (SSSR count). The number of thiophene rings is 1. The zero-order valence-electron chi connectivity index (χ0n) is 13.7. The lowest BCUT2D eigenvalue weighted by Crippen LogP contribution is -2.36. The SMILES string of the molecule is COCCNC(=O)c1cc2n(n1)C[C@@H](NC(=O)c1sccc1C)C2. The van der Waals surface area contributed by atoms with E-state index in [4.69, 9.17) is 4.74 Å². The first-order chi connectivity index (χ1) is 11.6. The molecule has 0 spiro atoms. The van der Waals surface area contributed by atoms with Gasteiger partial charge in [0.1, 0.15) is 5.69 Å². The molecule has 2 aromatic rings. The lowest BCUT2D eigenvalue weighted by molar-refractivity contribution is 0.0922. The highest BCUT2D eigenvalue weighted by molar-refractivity contribution is 7.12. The zero-order chi connectivity index (χ0) is 17.1. The number of hydrogen-bond donors (Lipinski definition) is 2. The van der Waals surface area contributed by atoms with Crippen LogP contribution >= 0.6 is 11.3 Å². The molecule has 2 aromatic heterocycles. The van der Waals surface area contributed by atoms with E-state index >= 15 is 0 Å². The van der Waals surface area contributed by atoms with Crippen LogP contribution in [-0.2, 0) is 17.7 Å². The molecule has 2 N–H and O–H groups in total. The third kappa shape index (κ3) is 3.49. The molecule has 0 aliphatic carbocycles. The Kier molecular flexibility index (Phi) is 4.96. The molecule has 0 bridgehead atoms. The minimum atomic E-state index is -0.205. The Balaban J connectivity index is 1.56. The van der Waals surface area contributed by atoms with E-state index in [2.05, 4.69) is 15.7 Å². The molecule has 0 aromatic carbocycles. The molecule has 128 valence electrons. The molecule has 0 radical (unpaired) electrons. The third-order valence-corrected chi connectivity index (χ3v) is 4.96. The molecule has 1 atom stereocenters. The summed E-state index contributed by atoms with van der Waals surface area (Å²) in [4.78, 5) is 25.0. The van der Waals surface area contributed by atoms with Crippen molar-refractivity contribution in [1.29, 1.82) is 0 Å². The number of methoxy groups -OCH3 is 1. The number of nitrogens with one attached hydrogen (secondary N) is 2. The molecule has 1 aliphatic rings. The van der Waals surface area contributed by atoms with Crippen molar-refractivity contribution in [2.45, 2.75) is 25.9 Å². The molecule has 0 unspecified atom stereocenters. The van der Waals surface area contributed by atoms with Gasteiger partial charge in [-0.1, -0.05) is 0 Å². The highest BCUT2D eigenvalue weighted by Gasteiger charge is 2.27. The van der Waals surface area contributed by atoms with E-state index in [1.807, 2.05) is 18.4 Å². The van der Waals surface area contributed by atoms with Crippen molar-refractivity contribution in [3.63, 3.8) is 0 Å². The van der Waals surface area contributed by atoms with Crippen molar-refractivity contribution in [1.82, 2.24) is 20.4 Å². The van der Waals surface area contributed by atoms with Gasteiger partial charge in [-0.2, -0.15) is 5.10 Å². The maximum absolute atomic E-state index is 12.3. The van der Waals surface area contributed by atoms with Crippen LogP contribution < -0.4 is 10.6 Å². The number of nitrogens with zero attached hydrogens (tertiary/aromatic N) is 2. The van der Waals surface area contributed by atoms with Crippen molar-refractivity contribution >= 4 is 23.2 Å². The van der Waals surface area contributed by atoms with Gasteiger partial charge in [0.05, 0.1) is 24.1 Å². The Labute approximate surface area is 144 Å². The molecule has 7 nitrogen and oxygen atoms in total. The first-order valence-corrected chi connectivity index (χ1v) is 8.65. The second kappa shape index (κ2) is 7.14. The molecule has 0 saturated carbocycles. The fraction of sp³-hybridized carbons (Fsp3) is 0.438. The van der Waals surface area contributed by atoms with Gasteiger partial charge in [0.25, 0.3) is 11.8 Å². The van der Waals surface area contributed by atoms with E-state index in [9.17, 15) is 9.59 Å². The maximum Gasteiger partial charge on any atom is 0.271 e. The van der Waals surface area contributed by atoms with Gasteiger partial charge in [0, 0.05) is 25.8 Å². The Hall–Kier alpha value is -2.19. The van der Waals surface area contributed by atoms with Crippen molar-refractivity contribution < 1.29 is 14.3 Å². The van der Waals surface area contributed by atoms with Crippen molar-refractivity contribution in [2.75, 3.05) is 20.3 Å². The molecular weight excluding hydrogens is 328 g/mol. The average molecular weight is 348 g/mol. The van der Waals surface area contributed by atoms with Crippen molar-refractivity contribution in [3.8, 4) is 0 Å². The number of ether oxygens (including phenoxy) is 1. The predicted molar refractivity (Wildman–Crippen MR) is 90.5 cm³/mol. The van der Waals surface area contributed by atoms with E-state index < -0.39 is 0 Å². The van der Waals surface area contributed by atoms with Crippen molar-refractivity contribution in [2.24, 2.45) is 0 Å². The van der Waals surface area contributed by atoms with Gasteiger partial charge in [-0.15, -0.1) is 11.3 Å². The third-order valence-electron chi connectivity index (χ3n) is 3.94. The van der Waals surface area contributed by atoms with E-state index in [1.54, 1.807) is 17.9 Å². The summed E-state index contributed by atoms with van der Waals surface area (Å²) in [5.74, 6) is -0.250. The van der Waals surface area contributed by atoms with Gasteiger partial charge in [0.15, 0.2) is 0 Å². The lowest BCUT2D eigenvalue weighted by atomic mass is 10.2. The molecule has 1 aliphatic heterocycles. The molecule has 3 heterocycles. The van der Waals surface area contributed by atoms with E-state index in [1.165, 1.54) is 11.3 Å². The highest BCUT2D eigenvalue weighted by atomic mass is 32.1. The molecule has 0 saturated heterocycles. The summed E-state index contributed by atoms with van der Waals surface area (Å²) < 4.78 is 6.69. The Morgan fingerprint density at radius 1 is 1.46 bits per heavy atom. The van der Waals surface area contributed by atoms with Gasteiger partial charge in [0.2, 0.25) is 0 Å². The number of aryl methyl sites for hydroxylation is 1. The van der Waals surface area contributed by atoms with Gasteiger partial charge in [-0.25, -0.2) is 0 Å². The van der Waals surface area contributed by atoms with Crippen LogP contribution in [0.5, 0.6) is 0 Å². The average Bonchev–Trinajstić information content (AvgIpc) is 3.21. The summed E-state index contributed by atoms with van der Waals surface area (Å²) in [7, 11) is 1.59. The topological polar surface area (TPSA) is 85.2 Å². The van der Waals surface area contributed by atoms with Gasteiger partial charge < -0.3 is 15.4 Å². The first-order valence-electron chi connectivity index (χ1n) is 7.77. The van der Waals surface area contributed by atoms with E-state index in [0.717, 1.165) is 16.1 Å². The molecule has 24 heavy (non-hydrogen) atoms. The maximum atomic E-state index is 12.3. The van der Waals surface area contributed by atoms with Crippen LogP contribution in [0.2, 0.25) is 0 Å². The van der Waals surface area contributed by atoms with E-state index in [0.29, 0.717) is 31.8 Å². The number of carbonyl (C=O) groups excluding carboxylic acids is 2. The summed E-state index contributed by atoms with van der Waals surface area (Å²) in [6, 6.07) is 3.73. The quantitative estimate of drug-likeness (QED) is 0.762. The van der Waals surface area contributed by atoms with Crippen LogP contribution in [0.4, 0.5) is 0 Å². The Bertz CT molecular complexity index is 729. The smallest absolute Gasteiger partial charge is 0.271 e. The van der Waals surface area contributed by atoms with Crippen LogP contribution in [0, 0.1) is 6.92 Å². The summed E-state index contributed by atoms with van der Waals surface area (Å²) in [6.45, 7) is 3.43. The minimum absolute atomic E-state index is 0.00658. The summed E-state index contributed by atoms with van der Waals surface area (Å²) in [5.41, 5.74) is 2.35. The number of rotatable bonds is 6. The summed E-state index contributed by atoms with van der Waals surface area (Å²) in [5, 5.41) is 12.0.